The zero-order chi connectivity index (χ0) is 11.2. The average Bonchev–Trinajstić information content (AvgIpc) is 2.59. The van der Waals surface area contributed by atoms with Crippen molar-refractivity contribution in [1.29, 1.82) is 0 Å². The summed E-state index contributed by atoms with van der Waals surface area (Å²) in [6, 6.07) is 0.849. The Kier molecular flexibility index (Phi) is 2.53. The molecule has 2 saturated heterocycles. The second-order valence-electron chi connectivity index (χ2n) is 6.21. The van der Waals surface area contributed by atoms with Crippen LogP contribution >= 0.6 is 0 Å². The monoisotopic (exact) mass is 211 g/mol. The molecule has 2 bridgehead atoms. The van der Waals surface area contributed by atoms with E-state index in [1.165, 1.54) is 6.42 Å². The third-order valence-corrected chi connectivity index (χ3v) is 3.66. The average molecular weight is 211 g/mol. The molecule has 3 nitrogen and oxygen atoms in total. The Balaban J connectivity index is 2.07. The van der Waals surface area contributed by atoms with E-state index in [0.29, 0.717) is 12.1 Å². The Labute approximate surface area is 91.5 Å². The molecule has 0 radical (unpaired) electrons. The summed E-state index contributed by atoms with van der Waals surface area (Å²) >= 11 is 0. The van der Waals surface area contributed by atoms with Gasteiger partial charge in [-0.25, -0.2) is 0 Å². The first-order valence-electron chi connectivity index (χ1n) is 5.87. The highest BCUT2D eigenvalue weighted by Gasteiger charge is 2.49. The van der Waals surface area contributed by atoms with Gasteiger partial charge in [0.05, 0.1) is 5.92 Å². The van der Waals surface area contributed by atoms with Crippen LogP contribution < -0.4 is 0 Å². The van der Waals surface area contributed by atoms with Crippen LogP contribution in [0.25, 0.3) is 0 Å². The molecule has 2 aliphatic rings. The molecule has 86 valence electrons. The van der Waals surface area contributed by atoms with Gasteiger partial charge in [0.1, 0.15) is 0 Å². The van der Waals surface area contributed by atoms with Crippen LogP contribution in [0.2, 0.25) is 0 Å². The lowest BCUT2D eigenvalue weighted by atomic mass is 9.89. The predicted molar refractivity (Wildman–Crippen MR) is 58.7 cm³/mol. The van der Waals surface area contributed by atoms with E-state index < -0.39 is 5.97 Å². The van der Waals surface area contributed by atoms with E-state index >= 15 is 0 Å². The van der Waals surface area contributed by atoms with Gasteiger partial charge in [0.25, 0.3) is 0 Å². The molecule has 1 N–H and O–H groups in total. The minimum absolute atomic E-state index is 0.105. The van der Waals surface area contributed by atoms with Crippen molar-refractivity contribution in [2.75, 3.05) is 6.54 Å². The number of rotatable bonds is 2. The summed E-state index contributed by atoms with van der Waals surface area (Å²) in [5.74, 6) is -0.702. The molecule has 15 heavy (non-hydrogen) atoms. The Morgan fingerprint density at radius 3 is 2.53 bits per heavy atom. The van der Waals surface area contributed by atoms with Crippen molar-refractivity contribution in [3.8, 4) is 0 Å². The van der Waals surface area contributed by atoms with Gasteiger partial charge in [-0.05, 0) is 24.7 Å². The lowest BCUT2D eigenvalue weighted by Gasteiger charge is -2.30. The maximum absolute atomic E-state index is 11.1. The lowest BCUT2D eigenvalue weighted by Crippen LogP contribution is -2.38. The SMILES string of the molecule is CC(C)(C)CN1C2CCC1C(C(=O)O)C2. The van der Waals surface area contributed by atoms with Crippen molar-refractivity contribution in [3.63, 3.8) is 0 Å². The maximum atomic E-state index is 11.1. The van der Waals surface area contributed by atoms with Crippen molar-refractivity contribution < 1.29 is 9.90 Å². The largest absolute Gasteiger partial charge is 0.481 e. The number of hydrogen-bond acceptors (Lipinski definition) is 2. The number of carboxylic acids is 1. The number of fused-ring (bicyclic) bond motifs is 2. The van der Waals surface area contributed by atoms with E-state index in [2.05, 4.69) is 25.7 Å². The Hall–Kier alpha value is -0.570. The summed E-state index contributed by atoms with van der Waals surface area (Å²) < 4.78 is 0. The van der Waals surface area contributed by atoms with Crippen LogP contribution in [0.5, 0.6) is 0 Å². The van der Waals surface area contributed by atoms with Gasteiger partial charge in [-0.2, -0.15) is 0 Å². The van der Waals surface area contributed by atoms with E-state index in [9.17, 15) is 4.79 Å². The van der Waals surface area contributed by atoms with Crippen LogP contribution in [0, 0.1) is 11.3 Å². The van der Waals surface area contributed by atoms with E-state index in [4.69, 9.17) is 5.11 Å². The number of aliphatic carboxylic acids is 1. The molecule has 3 atom stereocenters. The summed E-state index contributed by atoms with van der Waals surface area (Å²) in [6.07, 6.45) is 3.15. The van der Waals surface area contributed by atoms with Gasteiger partial charge in [0.15, 0.2) is 0 Å². The molecule has 2 fully saturated rings. The Bertz CT molecular complexity index is 269. The third kappa shape index (κ3) is 2.03. The quantitative estimate of drug-likeness (QED) is 0.759. The molecule has 2 heterocycles. The van der Waals surface area contributed by atoms with Gasteiger partial charge in [0.2, 0.25) is 0 Å². The van der Waals surface area contributed by atoms with Gasteiger partial charge < -0.3 is 5.11 Å². The summed E-state index contributed by atoms with van der Waals surface area (Å²) in [5.41, 5.74) is 0.272. The highest BCUT2D eigenvalue weighted by molar-refractivity contribution is 5.71. The van der Waals surface area contributed by atoms with Crippen LogP contribution in [0.4, 0.5) is 0 Å². The topological polar surface area (TPSA) is 40.5 Å². The van der Waals surface area contributed by atoms with E-state index in [1.807, 2.05) is 0 Å². The predicted octanol–water partition coefficient (Wildman–Crippen LogP) is 1.97. The fraction of sp³-hybridized carbons (Fsp3) is 0.917. The van der Waals surface area contributed by atoms with Gasteiger partial charge in [-0.3, -0.25) is 9.69 Å². The highest BCUT2D eigenvalue weighted by Crippen LogP contribution is 2.43. The first-order valence-corrected chi connectivity index (χ1v) is 5.87. The van der Waals surface area contributed by atoms with Crippen molar-refractivity contribution in [1.82, 2.24) is 4.90 Å². The molecule has 3 unspecified atom stereocenters. The standard InChI is InChI=1S/C12H21NO2/c1-12(2,3)7-13-8-4-5-10(13)9(6-8)11(14)15/h8-10H,4-7H2,1-3H3,(H,14,15). The molecule has 0 aromatic heterocycles. The molecule has 2 aliphatic heterocycles. The summed E-state index contributed by atoms with van der Waals surface area (Å²) in [6.45, 7) is 7.70. The smallest absolute Gasteiger partial charge is 0.308 e. The van der Waals surface area contributed by atoms with Gasteiger partial charge >= 0.3 is 5.97 Å². The maximum Gasteiger partial charge on any atom is 0.308 e. The number of hydrogen-bond donors (Lipinski definition) is 1. The Morgan fingerprint density at radius 2 is 2.07 bits per heavy atom. The number of carbonyl (C=O) groups is 1. The van der Waals surface area contributed by atoms with E-state index in [-0.39, 0.29) is 11.3 Å². The summed E-state index contributed by atoms with van der Waals surface area (Å²) in [4.78, 5) is 13.5. The minimum atomic E-state index is -0.596. The molecule has 0 aromatic rings. The fourth-order valence-electron chi connectivity index (χ4n) is 3.16. The van der Waals surface area contributed by atoms with Crippen LogP contribution in [0.3, 0.4) is 0 Å². The summed E-state index contributed by atoms with van der Waals surface area (Å²) in [7, 11) is 0. The van der Waals surface area contributed by atoms with Crippen molar-refractivity contribution in [3.05, 3.63) is 0 Å². The number of carboxylic acid groups (broad SMARTS) is 1. The molecule has 0 amide bonds. The molecule has 3 heteroatoms. The first-order chi connectivity index (χ1) is 6.88. The van der Waals surface area contributed by atoms with Crippen molar-refractivity contribution in [2.45, 2.75) is 52.1 Å². The molecular formula is C12H21NO2. The fourth-order valence-corrected chi connectivity index (χ4v) is 3.16. The zero-order valence-corrected chi connectivity index (χ0v) is 9.86. The van der Waals surface area contributed by atoms with Crippen LogP contribution in [-0.2, 0) is 4.79 Å². The first kappa shape index (κ1) is 10.9. The second kappa shape index (κ2) is 3.48. The second-order valence-corrected chi connectivity index (χ2v) is 6.21. The van der Waals surface area contributed by atoms with Crippen LogP contribution in [0.15, 0.2) is 0 Å². The molecule has 2 rings (SSSR count). The normalized spacial score (nSPS) is 36.1. The molecule has 0 aliphatic carbocycles. The van der Waals surface area contributed by atoms with Crippen molar-refractivity contribution >= 4 is 5.97 Å². The summed E-state index contributed by atoms with van der Waals surface area (Å²) in [5, 5.41) is 9.12. The van der Waals surface area contributed by atoms with E-state index in [0.717, 1.165) is 19.4 Å². The van der Waals surface area contributed by atoms with Crippen LogP contribution in [0.1, 0.15) is 40.0 Å². The van der Waals surface area contributed by atoms with Gasteiger partial charge in [-0.1, -0.05) is 20.8 Å². The van der Waals surface area contributed by atoms with E-state index in [1.54, 1.807) is 0 Å². The third-order valence-electron chi connectivity index (χ3n) is 3.66. The molecule has 0 spiro atoms. The van der Waals surface area contributed by atoms with Gasteiger partial charge in [-0.15, -0.1) is 0 Å². The highest BCUT2D eigenvalue weighted by atomic mass is 16.4. The molecule has 0 aromatic carbocycles. The Morgan fingerprint density at radius 1 is 1.40 bits per heavy atom. The van der Waals surface area contributed by atoms with Crippen molar-refractivity contribution in [2.24, 2.45) is 11.3 Å². The minimum Gasteiger partial charge on any atom is -0.481 e. The van der Waals surface area contributed by atoms with Crippen LogP contribution in [-0.4, -0.2) is 34.6 Å². The molecular weight excluding hydrogens is 190 g/mol. The lowest BCUT2D eigenvalue weighted by molar-refractivity contribution is -0.142. The zero-order valence-electron chi connectivity index (χ0n) is 9.86. The molecule has 0 saturated carbocycles. The van der Waals surface area contributed by atoms with Gasteiger partial charge in [0, 0.05) is 18.6 Å². The number of nitrogens with zero attached hydrogens (tertiary/aromatic N) is 1.